The second kappa shape index (κ2) is 11.2. The van der Waals surface area contributed by atoms with Crippen molar-refractivity contribution in [3.8, 4) is 0 Å². The number of carbonyl (C=O) groups is 2. The lowest BCUT2D eigenvalue weighted by atomic mass is 10.0. The summed E-state index contributed by atoms with van der Waals surface area (Å²) in [7, 11) is 1.92. The minimum absolute atomic E-state index is 0.132. The van der Waals surface area contributed by atoms with Crippen LogP contribution in [0, 0.1) is 10.1 Å². The Bertz CT molecular complexity index is 1040. The largest absolute Gasteiger partial charge is 0.458 e. The molecule has 35 heavy (non-hydrogen) atoms. The van der Waals surface area contributed by atoms with Crippen LogP contribution in [-0.2, 0) is 27.2 Å². The van der Waals surface area contributed by atoms with Gasteiger partial charge in [-0.05, 0) is 65.3 Å². The molecule has 0 aliphatic carbocycles. The number of amides is 1. The van der Waals surface area contributed by atoms with Gasteiger partial charge in [-0.15, -0.1) is 0 Å². The molecule has 0 aliphatic rings. The Morgan fingerprint density at radius 1 is 1.00 bits per heavy atom. The van der Waals surface area contributed by atoms with Crippen LogP contribution in [0.1, 0.15) is 52.7 Å². The predicted octanol–water partition coefficient (Wildman–Crippen LogP) is 5.01. The van der Waals surface area contributed by atoms with Gasteiger partial charge in [-0.3, -0.25) is 10.1 Å². The molecule has 0 saturated carbocycles. The fourth-order valence-corrected chi connectivity index (χ4v) is 3.36. The second-order valence-electron chi connectivity index (χ2n) is 10.3. The predicted molar refractivity (Wildman–Crippen MR) is 134 cm³/mol. The summed E-state index contributed by atoms with van der Waals surface area (Å²) in [6, 6.07) is 13.3. The highest BCUT2D eigenvalue weighted by molar-refractivity contribution is 5.82. The highest BCUT2D eigenvalue weighted by Gasteiger charge is 2.31. The molecule has 1 N–H and O–H groups in total. The lowest BCUT2D eigenvalue weighted by Gasteiger charge is -2.26. The topological polar surface area (TPSA) is 111 Å². The number of nitro benzene ring substituents is 1. The summed E-state index contributed by atoms with van der Waals surface area (Å²) in [5.74, 6) is -0.704. The van der Waals surface area contributed by atoms with Gasteiger partial charge in [0.1, 0.15) is 17.2 Å². The highest BCUT2D eigenvalue weighted by atomic mass is 16.6. The van der Waals surface area contributed by atoms with Crippen LogP contribution < -0.4 is 10.2 Å². The third kappa shape index (κ3) is 9.27. The number of ether oxygens (including phenoxy) is 2. The molecule has 0 aliphatic heterocycles. The van der Waals surface area contributed by atoms with Crippen LogP contribution in [0.5, 0.6) is 0 Å². The summed E-state index contributed by atoms with van der Waals surface area (Å²) in [5.41, 5.74) is 0.382. The molecule has 0 saturated heterocycles. The van der Waals surface area contributed by atoms with Gasteiger partial charge in [0.2, 0.25) is 0 Å². The minimum Gasteiger partial charge on any atom is -0.458 e. The quantitative estimate of drug-likeness (QED) is 0.318. The minimum atomic E-state index is -1.18. The van der Waals surface area contributed by atoms with E-state index in [9.17, 15) is 19.7 Å². The third-order valence-corrected chi connectivity index (χ3v) is 4.76. The van der Waals surface area contributed by atoms with E-state index in [4.69, 9.17) is 9.47 Å². The number of alkyl carbamates (subject to hydrolysis) is 1. The Balaban J connectivity index is 2.35. The Labute approximate surface area is 206 Å². The molecule has 9 nitrogen and oxygen atoms in total. The van der Waals surface area contributed by atoms with Crippen molar-refractivity contribution in [1.82, 2.24) is 5.32 Å². The summed E-state index contributed by atoms with van der Waals surface area (Å²) in [4.78, 5) is 38.6. The van der Waals surface area contributed by atoms with E-state index in [-0.39, 0.29) is 12.1 Å². The van der Waals surface area contributed by atoms with E-state index >= 15 is 0 Å². The lowest BCUT2D eigenvalue weighted by molar-refractivity contribution is -0.385. The first-order valence-corrected chi connectivity index (χ1v) is 11.4. The van der Waals surface area contributed by atoms with Gasteiger partial charge in [-0.1, -0.05) is 24.3 Å². The summed E-state index contributed by atoms with van der Waals surface area (Å²) in [6.45, 7) is 10.7. The van der Waals surface area contributed by atoms with Gasteiger partial charge >= 0.3 is 12.1 Å². The molecule has 1 unspecified atom stereocenters. The van der Waals surface area contributed by atoms with Gasteiger partial charge in [0.05, 0.1) is 4.92 Å². The molecule has 0 spiro atoms. The normalized spacial score (nSPS) is 12.4. The number of esters is 1. The lowest BCUT2D eigenvalue weighted by Crippen LogP contribution is -2.47. The number of nitro groups is 1. The molecule has 9 heteroatoms. The number of hydrogen-bond donors (Lipinski definition) is 1. The molecule has 0 aromatic heterocycles. The van der Waals surface area contributed by atoms with Gasteiger partial charge in [0, 0.05) is 37.3 Å². The SMILES string of the molecule is CN(Cc1ccc([N+](=O)[O-])c(CC(NC(=O)OC(C)(C)C)C(=O)OC(C)(C)C)c1)c1ccccc1. The fraction of sp³-hybridized carbons (Fsp3) is 0.462. The molecular weight excluding hydrogens is 450 g/mol. The maximum atomic E-state index is 12.9. The highest BCUT2D eigenvalue weighted by Crippen LogP contribution is 2.25. The van der Waals surface area contributed by atoms with Crippen molar-refractivity contribution in [2.45, 2.75) is 71.8 Å². The number of carbonyl (C=O) groups excluding carboxylic acids is 2. The van der Waals surface area contributed by atoms with Crippen LogP contribution in [0.2, 0.25) is 0 Å². The van der Waals surface area contributed by atoms with Crippen molar-refractivity contribution in [2.24, 2.45) is 0 Å². The molecule has 0 fully saturated rings. The molecule has 1 atom stereocenters. The average Bonchev–Trinajstić information content (AvgIpc) is 2.71. The van der Waals surface area contributed by atoms with Crippen LogP contribution in [0.25, 0.3) is 0 Å². The molecule has 2 rings (SSSR count). The van der Waals surface area contributed by atoms with E-state index in [2.05, 4.69) is 5.32 Å². The second-order valence-corrected chi connectivity index (χ2v) is 10.3. The van der Waals surface area contributed by atoms with E-state index in [1.807, 2.05) is 42.3 Å². The monoisotopic (exact) mass is 485 g/mol. The van der Waals surface area contributed by atoms with Crippen molar-refractivity contribution < 1.29 is 24.0 Å². The summed E-state index contributed by atoms with van der Waals surface area (Å²) < 4.78 is 10.8. The van der Waals surface area contributed by atoms with Crippen LogP contribution in [0.15, 0.2) is 48.5 Å². The van der Waals surface area contributed by atoms with E-state index in [0.717, 1.165) is 11.3 Å². The summed E-state index contributed by atoms with van der Waals surface area (Å²) in [5, 5.41) is 14.3. The number of para-hydroxylation sites is 1. The van der Waals surface area contributed by atoms with E-state index < -0.39 is 34.2 Å². The number of rotatable bonds is 8. The van der Waals surface area contributed by atoms with Gasteiger partial charge in [-0.2, -0.15) is 0 Å². The van der Waals surface area contributed by atoms with Crippen LogP contribution in [0.3, 0.4) is 0 Å². The van der Waals surface area contributed by atoms with E-state index in [1.165, 1.54) is 6.07 Å². The molecule has 0 heterocycles. The van der Waals surface area contributed by atoms with Crippen molar-refractivity contribution >= 4 is 23.4 Å². The smallest absolute Gasteiger partial charge is 0.408 e. The van der Waals surface area contributed by atoms with Gasteiger partial charge in [0.15, 0.2) is 0 Å². The number of nitrogens with one attached hydrogen (secondary N) is 1. The summed E-state index contributed by atoms with van der Waals surface area (Å²) >= 11 is 0. The molecule has 190 valence electrons. The zero-order chi connectivity index (χ0) is 26.4. The zero-order valence-corrected chi connectivity index (χ0v) is 21.5. The van der Waals surface area contributed by atoms with Crippen molar-refractivity contribution in [1.29, 1.82) is 0 Å². The van der Waals surface area contributed by atoms with Gasteiger partial charge in [0.25, 0.3) is 5.69 Å². The Hall–Kier alpha value is -3.62. The molecule has 0 bridgehead atoms. The van der Waals surface area contributed by atoms with E-state index in [1.54, 1.807) is 53.7 Å². The standard InChI is InChI=1S/C26H35N3O6/c1-25(2,3)34-23(30)21(27-24(31)35-26(4,5)6)16-19-15-18(13-14-22(19)29(32)33)17-28(7)20-11-9-8-10-12-20/h8-15,21H,16-17H2,1-7H3,(H,27,31). The van der Waals surface area contributed by atoms with Crippen LogP contribution >= 0.6 is 0 Å². The number of benzene rings is 2. The first kappa shape index (κ1) is 27.6. The third-order valence-electron chi connectivity index (χ3n) is 4.76. The molecular formula is C26H35N3O6. The first-order chi connectivity index (χ1) is 16.1. The van der Waals surface area contributed by atoms with E-state index in [0.29, 0.717) is 12.1 Å². The molecule has 1 amide bonds. The molecule has 2 aromatic carbocycles. The maximum absolute atomic E-state index is 12.9. The summed E-state index contributed by atoms with van der Waals surface area (Å²) in [6.07, 6.45) is -0.941. The number of nitrogens with zero attached hydrogens (tertiary/aromatic N) is 2. The Kier molecular flexibility index (Phi) is 8.84. The van der Waals surface area contributed by atoms with Crippen molar-refractivity contribution in [3.63, 3.8) is 0 Å². The van der Waals surface area contributed by atoms with Crippen LogP contribution in [0.4, 0.5) is 16.2 Å². The zero-order valence-electron chi connectivity index (χ0n) is 21.5. The van der Waals surface area contributed by atoms with Crippen LogP contribution in [-0.4, -0.2) is 41.3 Å². The molecule has 2 aromatic rings. The number of anilines is 1. The molecule has 0 radical (unpaired) electrons. The first-order valence-electron chi connectivity index (χ1n) is 11.4. The Morgan fingerprint density at radius 3 is 2.14 bits per heavy atom. The van der Waals surface area contributed by atoms with Crippen molar-refractivity contribution in [2.75, 3.05) is 11.9 Å². The van der Waals surface area contributed by atoms with Crippen molar-refractivity contribution in [3.05, 3.63) is 69.8 Å². The van der Waals surface area contributed by atoms with Gasteiger partial charge in [-0.25, -0.2) is 9.59 Å². The average molecular weight is 486 g/mol. The number of hydrogen-bond acceptors (Lipinski definition) is 7. The maximum Gasteiger partial charge on any atom is 0.408 e. The fourth-order valence-electron chi connectivity index (χ4n) is 3.36. The van der Waals surface area contributed by atoms with Gasteiger partial charge < -0.3 is 19.7 Å². The Morgan fingerprint density at radius 2 is 1.60 bits per heavy atom.